The first kappa shape index (κ1) is 19.9. The van der Waals surface area contributed by atoms with Crippen molar-refractivity contribution in [2.24, 2.45) is 5.73 Å². The summed E-state index contributed by atoms with van der Waals surface area (Å²) in [7, 11) is 1.58. The van der Waals surface area contributed by atoms with E-state index in [2.05, 4.69) is 33.1 Å². The molecule has 0 saturated carbocycles. The van der Waals surface area contributed by atoms with E-state index in [1.807, 2.05) is 32.0 Å². The highest BCUT2D eigenvalue weighted by atomic mass is 16.5. The summed E-state index contributed by atoms with van der Waals surface area (Å²) in [6.07, 6.45) is 0.953. The molecule has 0 aliphatic carbocycles. The monoisotopic (exact) mass is 380 g/mol. The fourth-order valence-corrected chi connectivity index (χ4v) is 3.73. The molecule has 1 aromatic heterocycles. The summed E-state index contributed by atoms with van der Waals surface area (Å²) in [5, 5.41) is 0.538. The summed E-state index contributed by atoms with van der Waals surface area (Å²) >= 11 is 0. The molecule has 0 fully saturated rings. The van der Waals surface area contributed by atoms with Crippen LogP contribution in [0.4, 0.5) is 5.69 Å². The number of aromatic amines is 1. The summed E-state index contributed by atoms with van der Waals surface area (Å²) in [5.74, 6) is 1.74. The number of H-pyrrole nitrogens is 1. The largest absolute Gasteiger partial charge is 0.497 e. The molecule has 28 heavy (non-hydrogen) atoms. The van der Waals surface area contributed by atoms with E-state index in [9.17, 15) is 4.79 Å². The second-order valence-electron chi connectivity index (χ2n) is 6.61. The molecule has 1 atom stereocenters. The molecule has 0 amide bonds. The van der Waals surface area contributed by atoms with Crippen molar-refractivity contribution in [2.45, 2.75) is 32.7 Å². The summed E-state index contributed by atoms with van der Waals surface area (Å²) < 4.78 is 5.19. The molecule has 6 heteroatoms. The lowest BCUT2D eigenvalue weighted by Crippen LogP contribution is -2.25. The number of hydrogen-bond donors (Lipinski definition) is 2. The minimum absolute atomic E-state index is 0.144. The Morgan fingerprint density at radius 2 is 2.04 bits per heavy atom. The normalized spacial score (nSPS) is 15.1. The molecule has 3 aromatic rings. The van der Waals surface area contributed by atoms with Crippen molar-refractivity contribution < 1.29 is 4.74 Å². The summed E-state index contributed by atoms with van der Waals surface area (Å²) in [6, 6.07) is 13.7. The van der Waals surface area contributed by atoms with Crippen LogP contribution in [0, 0.1) is 0 Å². The molecule has 148 valence electrons. The smallest absolute Gasteiger partial charge is 0.258 e. The lowest BCUT2D eigenvalue weighted by atomic mass is 9.98. The zero-order chi connectivity index (χ0) is 20.1. The van der Waals surface area contributed by atoms with Gasteiger partial charge in [0.25, 0.3) is 5.56 Å². The number of rotatable bonds is 5. The Balaban J connectivity index is 0.00000109. The third kappa shape index (κ3) is 3.87. The second-order valence-corrected chi connectivity index (χ2v) is 6.61. The second kappa shape index (κ2) is 8.89. The van der Waals surface area contributed by atoms with Crippen molar-refractivity contribution in [1.82, 2.24) is 9.97 Å². The van der Waals surface area contributed by atoms with Gasteiger partial charge in [0.05, 0.1) is 24.6 Å². The van der Waals surface area contributed by atoms with Crippen molar-refractivity contribution >= 4 is 16.6 Å². The van der Waals surface area contributed by atoms with Crippen LogP contribution in [0.15, 0.2) is 47.3 Å². The first-order valence-electron chi connectivity index (χ1n) is 9.80. The van der Waals surface area contributed by atoms with E-state index < -0.39 is 0 Å². The van der Waals surface area contributed by atoms with Gasteiger partial charge in [-0.25, -0.2) is 4.98 Å². The predicted molar refractivity (Wildman–Crippen MR) is 114 cm³/mol. The lowest BCUT2D eigenvalue weighted by molar-refractivity contribution is 0.415. The van der Waals surface area contributed by atoms with Crippen molar-refractivity contribution in [3.05, 3.63) is 64.2 Å². The van der Waals surface area contributed by atoms with Crippen molar-refractivity contribution in [1.29, 1.82) is 0 Å². The summed E-state index contributed by atoms with van der Waals surface area (Å²) in [4.78, 5) is 22.3. The third-order valence-electron chi connectivity index (χ3n) is 4.98. The van der Waals surface area contributed by atoms with Crippen LogP contribution in [0.2, 0.25) is 0 Å². The van der Waals surface area contributed by atoms with Crippen molar-refractivity contribution in [3.8, 4) is 5.75 Å². The first-order chi connectivity index (χ1) is 13.7. The lowest BCUT2D eigenvalue weighted by Gasteiger charge is -2.19. The van der Waals surface area contributed by atoms with E-state index >= 15 is 0 Å². The molecular formula is C22H28N4O2. The van der Waals surface area contributed by atoms with Gasteiger partial charge in [-0.05, 0) is 42.8 Å². The zero-order valence-corrected chi connectivity index (χ0v) is 16.7. The molecule has 0 saturated heterocycles. The fourth-order valence-electron chi connectivity index (χ4n) is 3.73. The Morgan fingerprint density at radius 3 is 2.79 bits per heavy atom. The van der Waals surface area contributed by atoms with Crippen molar-refractivity contribution in [3.63, 3.8) is 0 Å². The SMILES string of the molecule is CC.COc1ccc2nc(CN3CC(CCN)c4ccccc43)[nH]c(=O)c2c1. The Labute approximate surface area is 165 Å². The standard InChI is InChI=1S/C20H22N4O2.C2H6/c1-26-14-6-7-17-16(10-14)20(25)23-19(22-17)12-24-11-13(8-9-21)15-4-2-3-5-18(15)24;1-2/h2-7,10,13H,8-9,11-12,21H2,1H3,(H,22,23,25);1-2H3. The number of nitrogens with one attached hydrogen (secondary N) is 1. The number of aromatic nitrogens is 2. The van der Waals surface area contributed by atoms with Crippen LogP contribution in [0.25, 0.3) is 10.9 Å². The molecule has 2 heterocycles. The summed E-state index contributed by atoms with van der Waals surface area (Å²) in [5.41, 5.74) is 8.84. The van der Waals surface area contributed by atoms with Crippen LogP contribution >= 0.6 is 0 Å². The fraction of sp³-hybridized carbons (Fsp3) is 0.364. The number of fused-ring (bicyclic) bond motifs is 2. The highest BCUT2D eigenvalue weighted by molar-refractivity contribution is 5.79. The zero-order valence-electron chi connectivity index (χ0n) is 16.7. The van der Waals surface area contributed by atoms with E-state index in [4.69, 9.17) is 10.5 Å². The Kier molecular flexibility index (Phi) is 6.31. The van der Waals surface area contributed by atoms with Gasteiger partial charge in [-0.3, -0.25) is 4.79 Å². The van der Waals surface area contributed by atoms with Gasteiger partial charge in [0.1, 0.15) is 11.6 Å². The average molecular weight is 380 g/mol. The first-order valence-corrected chi connectivity index (χ1v) is 9.80. The molecule has 0 radical (unpaired) electrons. The van der Waals surface area contributed by atoms with Crippen LogP contribution in [0.1, 0.15) is 37.6 Å². The van der Waals surface area contributed by atoms with E-state index in [0.717, 1.165) is 13.0 Å². The molecule has 1 aliphatic rings. The molecular weight excluding hydrogens is 352 g/mol. The number of para-hydroxylation sites is 1. The van der Waals surface area contributed by atoms with Gasteiger partial charge in [0.2, 0.25) is 0 Å². The number of benzene rings is 2. The minimum atomic E-state index is -0.144. The van der Waals surface area contributed by atoms with Gasteiger partial charge in [0, 0.05) is 18.2 Å². The van der Waals surface area contributed by atoms with Gasteiger partial charge >= 0.3 is 0 Å². The van der Waals surface area contributed by atoms with E-state index in [1.54, 1.807) is 13.2 Å². The molecule has 6 nitrogen and oxygen atoms in total. The number of methoxy groups -OCH3 is 1. The Hall–Kier alpha value is -2.86. The van der Waals surface area contributed by atoms with E-state index in [1.165, 1.54) is 11.3 Å². The van der Waals surface area contributed by atoms with Crippen LogP contribution in [-0.4, -0.2) is 30.2 Å². The van der Waals surface area contributed by atoms with Gasteiger partial charge in [-0.1, -0.05) is 32.0 Å². The van der Waals surface area contributed by atoms with Gasteiger partial charge < -0.3 is 20.4 Å². The highest BCUT2D eigenvalue weighted by Gasteiger charge is 2.28. The number of ether oxygens (including phenoxy) is 1. The van der Waals surface area contributed by atoms with E-state index in [0.29, 0.717) is 41.5 Å². The molecule has 4 rings (SSSR count). The molecule has 1 unspecified atom stereocenters. The maximum absolute atomic E-state index is 12.5. The number of hydrogen-bond acceptors (Lipinski definition) is 5. The Morgan fingerprint density at radius 1 is 1.25 bits per heavy atom. The maximum atomic E-state index is 12.5. The molecule has 2 aromatic carbocycles. The number of nitrogens with two attached hydrogens (primary N) is 1. The van der Waals surface area contributed by atoms with Gasteiger partial charge in [-0.2, -0.15) is 0 Å². The topological polar surface area (TPSA) is 84.2 Å². The van der Waals surface area contributed by atoms with Crippen LogP contribution < -0.4 is 20.9 Å². The van der Waals surface area contributed by atoms with Gasteiger partial charge in [0.15, 0.2) is 0 Å². The van der Waals surface area contributed by atoms with Crippen LogP contribution in [0.3, 0.4) is 0 Å². The quantitative estimate of drug-likeness (QED) is 0.709. The molecule has 3 N–H and O–H groups in total. The van der Waals surface area contributed by atoms with Crippen LogP contribution in [-0.2, 0) is 6.54 Å². The maximum Gasteiger partial charge on any atom is 0.258 e. The highest BCUT2D eigenvalue weighted by Crippen LogP contribution is 2.38. The number of nitrogens with zero attached hydrogens (tertiary/aromatic N) is 2. The Bertz CT molecular complexity index is 999. The number of anilines is 1. The average Bonchev–Trinajstić information content (AvgIpc) is 3.07. The third-order valence-corrected chi connectivity index (χ3v) is 4.98. The predicted octanol–water partition coefficient (Wildman–Crippen LogP) is 3.41. The molecule has 0 spiro atoms. The van der Waals surface area contributed by atoms with Crippen molar-refractivity contribution in [2.75, 3.05) is 25.1 Å². The van der Waals surface area contributed by atoms with E-state index in [-0.39, 0.29) is 5.56 Å². The summed E-state index contributed by atoms with van der Waals surface area (Å²) in [6.45, 7) is 6.12. The van der Waals surface area contributed by atoms with Gasteiger partial charge in [-0.15, -0.1) is 0 Å². The molecule has 1 aliphatic heterocycles. The minimum Gasteiger partial charge on any atom is -0.497 e. The van der Waals surface area contributed by atoms with Crippen LogP contribution in [0.5, 0.6) is 5.75 Å². The molecule has 0 bridgehead atoms.